The molecule has 0 saturated heterocycles. The number of halogens is 3. The molecule has 1 aromatic carbocycles. The Hall–Kier alpha value is -4.09. The minimum Gasteiger partial charge on any atom is -0.372 e. The molecule has 0 spiro atoms. The first-order valence-electron chi connectivity index (χ1n) is 10.5. The van der Waals surface area contributed by atoms with Crippen LogP contribution in [-0.4, -0.2) is 51.3 Å². The van der Waals surface area contributed by atoms with E-state index in [9.17, 15) is 31.9 Å². The molecule has 1 unspecified atom stereocenters. The average Bonchev–Trinajstić information content (AvgIpc) is 2.86. The Bertz CT molecular complexity index is 1600. The molecule has 37 heavy (non-hydrogen) atoms. The van der Waals surface area contributed by atoms with Gasteiger partial charge < -0.3 is 10.3 Å². The molecule has 3 N–H and O–H groups in total. The number of benzene rings is 1. The molecule has 0 aliphatic carbocycles. The molecule has 0 saturated carbocycles. The predicted octanol–water partition coefficient (Wildman–Crippen LogP) is 3.67. The molecule has 9 nitrogen and oxygen atoms in total. The minimum atomic E-state index is -5.56. The zero-order valence-electron chi connectivity index (χ0n) is 19.0. The minimum absolute atomic E-state index is 0.357. The Morgan fingerprint density at radius 1 is 1.03 bits per heavy atom. The standard InChI is InChI=1S/C24H18F3N5O4S/c1-32(34)23(33)18-12-21(30-20-10-11-28-14-19(18)20)17-7-4-15(5-8-17)2-3-16-6-9-22(29-13-16)31-37(35,36)24(25,26)27/h4-14,23,33-34H,1H3,(H,29,31). The molecule has 4 rings (SSSR count). The summed E-state index contributed by atoms with van der Waals surface area (Å²) >= 11 is 0. The number of hydroxylamine groups is 2. The number of rotatable bonds is 5. The highest BCUT2D eigenvalue weighted by molar-refractivity contribution is 7.93. The molecule has 0 amide bonds. The van der Waals surface area contributed by atoms with Crippen molar-refractivity contribution in [3.05, 3.63) is 83.8 Å². The third-order valence-electron chi connectivity index (χ3n) is 5.11. The van der Waals surface area contributed by atoms with Crippen molar-refractivity contribution < 1.29 is 31.9 Å². The van der Waals surface area contributed by atoms with E-state index in [-0.39, 0.29) is 0 Å². The van der Waals surface area contributed by atoms with E-state index >= 15 is 0 Å². The summed E-state index contributed by atoms with van der Waals surface area (Å²) in [7, 11) is -4.23. The summed E-state index contributed by atoms with van der Waals surface area (Å²) in [6, 6.07) is 12.8. The van der Waals surface area contributed by atoms with Crippen LogP contribution in [0.2, 0.25) is 0 Å². The Balaban J connectivity index is 1.55. The number of aliphatic hydroxyl groups is 1. The number of aliphatic hydroxyl groups excluding tert-OH is 1. The molecular weight excluding hydrogens is 511 g/mol. The second kappa shape index (κ2) is 10.1. The summed E-state index contributed by atoms with van der Waals surface area (Å²) in [5.41, 5.74) is -2.19. The van der Waals surface area contributed by atoms with Crippen LogP contribution in [0.3, 0.4) is 0 Å². The summed E-state index contributed by atoms with van der Waals surface area (Å²) in [6.07, 6.45) is 2.99. The van der Waals surface area contributed by atoms with Crippen molar-refractivity contribution in [2.45, 2.75) is 11.7 Å². The smallest absolute Gasteiger partial charge is 0.372 e. The van der Waals surface area contributed by atoms with Gasteiger partial charge in [0, 0.05) is 53.3 Å². The van der Waals surface area contributed by atoms with Crippen molar-refractivity contribution in [1.82, 2.24) is 20.0 Å². The lowest BCUT2D eigenvalue weighted by molar-refractivity contribution is -0.179. The van der Waals surface area contributed by atoms with Gasteiger partial charge in [-0.3, -0.25) is 9.71 Å². The van der Waals surface area contributed by atoms with Gasteiger partial charge in [-0.2, -0.15) is 26.7 Å². The molecule has 0 aliphatic heterocycles. The first-order valence-corrected chi connectivity index (χ1v) is 11.9. The van der Waals surface area contributed by atoms with E-state index in [1.54, 1.807) is 48.8 Å². The highest BCUT2D eigenvalue weighted by atomic mass is 32.2. The van der Waals surface area contributed by atoms with Crippen LogP contribution in [0.4, 0.5) is 19.0 Å². The van der Waals surface area contributed by atoms with Gasteiger partial charge in [-0.25, -0.2) is 9.97 Å². The number of pyridine rings is 3. The third-order valence-corrected chi connectivity index (χ3v) is 6.20. The fourth-order valence-electron chi connectivity index (χ4n) is 3.25. The van der Waals surface area contributed by atoms with E-state index in [0.29, 0.717) is 38.4 Å². The fraction of sp³-hybridized carbons (Fsp3) is 0.125. The Labute approximate surface area is 209 Å². The van der Waals surface area contributed by atoms with Crippen LogP contribution < -0.4 is 4.72 Å². The maximum atomic E-state index is 12.5. The van der Waals surface area contributed by atoms with Gasteiger partial charge >= 0.3 is 15.5 Å². The van der Waals surface area contributed by atoms with Crippen LogP contribution >= 0.6 is 0 Å². The fourth-order valence-corrected chi connectivity index (χ4v) is 3.76. The Morgan fingerprint density at radius 2 is 1.70 bits per heavy atom. The maximum Gasteiger partial charge on any atom is 0.516 e. The average molecular weight is 530 g/mol. The van der Waals surface area contributed by atoms with Crippen LogP contribution in [0.25, 0.3) is 22.2 Å². The number of nitrogens with one attached hydrogen (secondary N) is 1. The second-order valence-corrected chi connectivity index (χ2v) is 9.42. The zero-order chi connectivity index (χ0) is 26.8. The second-order valence-electron chi connectivity index (χ2n) is 7.75. The lowest BCUT2D eigenvalue weighted by atomic mass is 10.0. The Morgan fingerprint density at radius 3 is 2.32 bits per heavy atom. The van der Waals surface area contributed by atoms with E-state index < -0.39 is 27.6 Å². The summed E-state index contributed by atoms with van der Waals surface area (Å²) in [4.78, 5) is 12.3. The molecule has 0 aliphatic rings. The molecule has 4 aromatic rings. The number of fused-ring (bicyclic) bond motifs is 1. The summed E-state index contributed by atoms with van der Waals surface area (Å²) < 4.78 is 61.1. The van der Waals surface area contributed by atoms with Gasteiger partial charge in [0.15, 0.2) is 6.23 Å². The summed E-state index contributed by atoms with van der Waals surface area (Å²) in [5.74, 6) is 5.21. The molecule has 13 heteroatoms. The number of hydrogen-bond donors (Lipinski definition) is 3. The lowest BCUT2D eigenvalue weighted by Crippen LogP contribution is -2.30. The van der Waals surface area contributed by atoms with Crippen molar-refractivity contribution in [2.75, 3.05) is 11.8 Å². The SMILES string of the molecule is CN(O)C(O)c1cc(-c2ccc(C#Cc3ccc(NS(=O)(=O)C(F)(F)F)nc3)cc2)nc2ccncc12. The Kier molecular flexibility index (Phi) is 7.10. The van der Waals surface area contributed by atoms with E-state index in [2.05, 4.69) is 26.8 Å². The highest BCUT2D eigenvalue weighted by Gasteiger charge is 2.46. The number of anilines is 1. The van der Waals surface area contributed by atoms with E-state index in [1.807, 2.05) is 0 Å². The first kappa shape index (κ1) is 26.0. The van der Waals surface area contributed by atoms with E-state index in [0.717, 1.165) is 17.8 Å². The topological polar surface area (TPSA) is 129 Å². The lowest BCUT2D eigenvalue weighted by Gasteiger charge is -2.19. The number of alkyl halides is 3. The van der Waals surface area contributed by atoms with Crippen molar-refractivity contribution in [2.24, 2.45) is 0 Å². The van der Waals surface area contributed by atoms with Crippen molar-refractivity contribution in [3.8, 4) is 23.1 Å². The van der Waals surface area contributed by atoms with Gasteiger partial charge in [-0.1, -0.05) is 24.0 Å². The molecule has 3 aromatic heterocycles. The maximum absolute atomic E-state index is 12.5. The van der Waals surface area contributed by atoms with Gasteiger partial charge in [-0.15, -0.1) is 0 Å². The highest BCUT2D eigenvalue weighted by Crippen LogP contribution is 2.29. The largest absolute Gasteiger partial charge is 0.516 e. The summed E-state index contributed by atoms with van der Waals surface area (Å²) in [5, 5.41) is 21.4. The number of aromatic nitrogens is 3. The molecule has 0 bridgehead atoms. The number of sulfonamides is 1. The normalized spacial score (nSPS) is 12.7. The molecule has 3 heterocycles. The molecule has 0 fully saturated rings. The number of nitrogens with zero attached hydrogens (tertiary/aromatic N) is 4. The molecule has 0 radical (unpaired) electrons. The van der Waals surface area contributed by atoms with Crippen LogP contribution in [0.1, 0.15) is 22.9 Å². The summed E-state index contributed by atoms with van der Waals surface area (Å²) in [6.45, 7) is 0. The molecular formula is C24H18F3N5O4S. The number of hydrogen-bond acceptors (Lipinski definition) is 8. The molecule has 1 atom stereocenters. The van der Waals surface area contributed by atoms with Crippen molar-refractivity contribution in [1.29, 1.82) is 0 Å². The van der Waals surface area contributed by atoms with Crippen LogP contribution in [0.5, 0.6) is 0 Å². The van der Waals surface area contributed by atoms with Gasteiger partial charge in [0.1, 0.15) is 5.82 Å². The molecule has 190 valence electrons. The third kappa shape index (κ3) is 5.84. The van der Waals surface area contributed by atoms with Gasteiger partial charge in [0.2, 0.25) is 0 Å². The van der Waals surface area contributed by atoms with Gasteiger partial charge in [-0.05, 0) is 36.4 Å². The predicted molar refractivity (Wildman–Crippen MR) is 128 cm³/mol. The monoisotopic (exact) mass is 529 g/mol. The van der Waals surface area contributed by atoms with Crippen LogP contribution in [0, 0.1) is 11.8 Å². The van der Waals surface area contributed by atoms with Gasteiger partial charge in [0.05, 0.1) is 11.2 Å². The van der Waals surface area contributed by atoms with Crippen LogP contribution in [-0.2, 0) is 10.0 Å². The van der Waals surface area contributed by atoms with E-state index in [4.69, 9.17) is 0 Å². The van der Waals surface area contributed by atoms with E-state index in [1.165, 1.54) is 17.8 Å². The van der Waals surface area contributed by atoms with Gasteiger partial charge in [0.25, 0.3) is 0 Å². The first-order chi connectivity index (χ1) is 17.4. The van der Waals surface area contributed by atoms with Crippen molar-refractivity contribution >= 4 is 26.7 Å². The quantitative estimate of drug-likeness (QED) is 0.203. The van der Waals surface area contributed by atoms with Crippen LogP contribution in [0.15, 0.2) is 67.1 Å². The zero-order valence-corrected chi connectivity index (χ0v) is 19.8. The van der Waals surface area contributed by atoms with Crippen molar-refractivity contribution in [3.63, 3.8) is 0 Å².